The van der Waals surface area contributed by atoms with E-state index in [1.807, 2.05) is 0 Å². The molecule has 1 heterocycles. The molecule has 0 spiro atoms. The third-order valence-corrected chi connectivity index (χ3v) is 12.3. The molecule has 1 aromatic heterocycles. The molecular formula is C51H37N3. The van der Waals surface area contributed by atoms with Crippen LogP contribution >= 0.6 is 0 Å². The topological polar surface area (TPSA) is 38.7 Å². The molecule has 0 amide bonds. The van der Waals surface area contributed by atoms with Crippen LogP contribution in [0.2, 0.25) is 0 Å². The number of benzene rings is 8. The van der Waals surface area contributed by atoms with Crippen LogP contribution in [-0.4, -0.2) is 15.0 Å². The first kappa shape index (κ1) is 31.1. The van der Waals surface area contributed by atoms with Gasteiger partial charge in [0.25, 0.3) is 0 Å². The smallest absolute Gasteiger partial charge is 0.164 e. The van der Waals surface area contributed by atoms with Crippen LogP contribution in [0.5, 0.6) is 0 Å². The Kier molecular flexibility index (Phi) is 6.36. The van der Waals surface area contributed by atoms with Crippen LogP contribution in [0.1, 0.15) is 49.9 Å². The first-order valence-electron chi connectivity index (χ1n) is 18.9. The van der Waals surface area contributed by atoms with E-state index in [4.69, 9.17) is 15.0 Å². The summed E-state index contributed by atoms with van der Waals surface area (Å²) in [4.78, 5) is 16.2. The van der Waals surface area contributed by atoms with Gasteiger partial charge < -0.3 is 0 Å². The van der Waals surface area contributed by atoms with Crippen molar-refractivity contribution in [3.8, 4) is 56.4 Å². The summed E-state index contributed by atoms with van der Waals surface area (Å²) in [7, 11) is 0. The predicted molar refractivity (Wildman–Crippen MR) is 224 cm³/mol. The SMILES string of the molecule is CC1(C)c2ccccc2-c2c1cc(-c1nc(-c3ccc4ccccc4c3)nc(-c3cc4c(c5ccccc35)-c3ccccc3C4(C)C)n1)c1ccccc21. The fraction of sp³-hybridized carbons (Fsp3) is 0.118. The summed E-state index contributed by atoms with van der Waals surface area (Å²) in [6.07, 6.45) is 0. The molecule has 0 aliphatic heterocycles. The van der Waals surface area contributed by atoms with Crippen LogP contribution in [0.25, 0.3) is 88.7 Å². The van der Waals surface area contributed by atoms with Gasteiger partial charge in [-0.1, -0.05) is 161 Å². The molecule has 3 heteroatoms. The van der Waals surface area contributed by atoms with Crippen molar-refractivity contribution in [1.29, 1.82) is 0 Å². The first-order chi connectivity index (χ1) is 26.3. The maximum absolute atomic E-state index is 5.48. The summed E-state index contributed by atoms with van der Waals surface area (Å²) in [6.45, 7) is 9.36. The minimum atomic E-state index is -0.182. The van der Waals surface area contributed by atoms with E-state index >= 15 is 0 Å². The number of nitrogens with zero attached hydrogens (tertiary/aromatic N) is 3. The lowest BCUT2D eigenvalue weighted by atomic mass is 9.81. The number of aromatic nitrogens is 3. The molecule has 11 rings (SSSR count). The van der Waals surface area contributed by atoms with E-state index in [-0.39, 0.29) is 10.8 Å². The molecule has 2 aliphatic carbocycles. The molecule has 0 atom stereocenters. The van der Waals surface area contributed by atoms with Gasteiger partial charge in [-0.25, -0.2) is 15.0 Å². The fourth-order valence-electron chi connectivity index (χ4n) is 9.54. The highest BCUT2D eigenvalue weighted by molar-refractivity contribution is 6.10. The summed E-state index contributed by atoms with van der Waals surface area (Å²) in [6, 6.07) is 55.0. The van der Waals surface area contributed by atoms with Crippen molar-refractivity contribution >= 4 is 32.3 Å². The summed E-state index contributed by atoms with van der Waals surface area (Å²) in [5.74, 6) is 2.03. The van der Waals surface area contributed by atoms with Gasteiger partial charge in [0.15, 0.2) is 17.5 Å². The summed E-state index contributed by atoms with van der Waals surface area (Å²) in [5.41, 5.74) is 13.2. The second kappa shape index (κ2) is 11.0. The van der Waals surface area contributed by atoms with Gasteiger partial charge in [0, 0.05) is 27.5 Å². The molecule has 0 radical (unpaired) electrons. The van der Waals surface area contributed by atoms with E-state index in [1.54, 1.807) is 0 Å². The van der Waals surface area contributed by atoms with Crippen LogP contribution in [-0.2, 0) is 10.8 Å². The zero-order valence-corrected chi connectivity index (χ0v) is 30.8. The highest BCUT2D eigenvalue weighted by Crippen LogP contribution is 2.54. The molecule has 8 aromatic carbocycles. The zero-order valence-electron chi connectivity index (χ0n) is 30.8. The molecule has 0 saturated carbocycles. The molecule has 256 valence electrons. The van der Waals surface area contributed by atoms with Gasteiger partial charge in [-0.3, -0.25) is 0 Å². The Hall–Kier alpha value is -6.45. The molecule has 0 N–H and O–H groups in total. The lowest BCUT2D eigenvalue weighted by molar-refractivity contribution is 0.661. The maximum atomic E-state index is 5.48. The maximum Gasteiger partial charge on any atom is 0.164 e. The van der Waals surface area contributed by atoms with E-state index in [0.29, 0.717) is 17.5 Å². The second-order valence-corrected chi connectivity index (χ2v) is 16.0. The van der Waals surface area contributed by atoms with Crippen molar-refractivity contribution in [2.45, 2.75) is 38.5 Å². The molecule has 2 aliphatic rings. The van der Waals surface area contributed by atoms with Gasteiger partial charge >= 0.3 is 0 Å². The van der Waals surface area contributed by atoms with E-state index in [2.05, 4.69) is 179 Å². The van der Waals surface area contributed by atoms with E-state index < -0.39 is 0 Å². The van der Waals surface area contributed by atoms with Gasteiger partial charge in [0.05, 0.1) is 0 Å². The average molecular weight is 692 g/mol. The Morgan fingerprint density at radius 3 is 1.30 bits per heavy atom. The zero-order chi connectivity index (χ0) is 36.3. The summed E-state index contributed by atoms with van der Waals surface area (Å²) < 4.78 is 0. The van der Waals surface area contributed by atoms with Crippen molar-refractivity contribution in [1.82, 2.24) is 15.0 Å². The highest BCUT2D eigenvalue weighted by Gasteiger charge is 2.39. The average Bonchev–Trinajstić information content (AvgIpc) is 3.59. The fourth-order valence-corrected chi connectivity index (χ4v) is 9.54. The molecule has 0 bridgehead atoms. The molecule has 0 unspecified atom stereocenters. The summed E-state index contributed by atoms with van der Waals surface area (Å²) >= 11 is 0. The van der Waals surface area contributed by atoms with Gasteiger partial charge in [-0.05, 0) is 95.0 Å². The third kappa shape index (κ3) is 4.27. The summed E-state index contributed by atoms with van der Waals surface area (Å²) in [5, 5.41) is 7.07. The lowest BCUT2D eigenvalue weighted by Crippen LogP contribution is -2.15. The Balaban J connectivity index is 1.22. The minimum absolute atomic E-state index is 0.182. The number of rotatable bonds is 3. The molecular weight excluding hydrogens is 655 g/mol. The van der Waals surface area contributed by atoms with Crippen LogP contribution in [0.4, 0.5) is 0 Å². The molecule has 0 fully saturated rings. The molecule has 0 saturated heterocycles. The van der Waals surface area contributed by atoms with E-state index in [9.17, 15) is 0 Å². The monoisotopic (exact) mass is 691 g/mol. The van der Waals surface area contributed by atoms with Crippen molar-refractivity contribution in [2.24, 2.45) is 0 Å². The van der Waals surface area contributed by atoms with Crippen LogP contribution in [0.15, 0.2) is 152 Å². The van der Waals surface area contributed by atoms with E-state index in [1.165, 1.54) is 60.7 Å². The number of hydrogen-bond donors (Lipinski definition) is 0. The standard InChI is InChI=1S/C51H37N3/c1-50(2)41-23-13-11-21-37(41)45-35-19-9-7-17-33(35)39(28-43(45)50)48-52-47(32-26-25-30-15-5-6-16-31(30)27-32)53-49(54-48)40-29-44-46(36-20-10-8-18-34(36)40)38-22-12-14-24-42(38)51(44,3)4/h5-29H,1-4H3. The first-order valence-corrected chi connectivity index (χ1v) is 18.9. The lowest BCUT2D eigenvalue weighted by Gasteiger charge is -2.23. The van der Waals surface area contributed by atoms with Gasteiger partial charge in [0.2, 0.25) is 0 Å². The van der Waals surface area contributed by atoms with Crippen molar-refractivity contribution in [2.75, 3.05) is 0 Å². The van der Waals surface area contributed by atoms with Crippen molar-refractivity contribution < 1.29 is 0 Å². The highest BCUT2D eigenvalue weighted by atomic mass is 15.0. The van der Waals surface area contributed by atoms with Crippen molar-refractivity contribution in [3.05, 3.63) is 174 Å². The van der Waals surface area contributed by atoms with Crippen LogP contribution < -0.4 is 0 Å². The molecule has 3 nitrogen and oxygen atoms in total. The largest absolute Gasteiger partial charge is 0.208 e. The predicted octanol–water partition coefficient (Wildman–Crippen LogP) is 12.9. The van der Waals surface area contributed by atoms with Gasteiger partial charge in [-0.15, -0.1) is 0 Å². The van der Waals surface area contributed by atoms with E-state index in [0.717, 1.165) is 32.8 Å². The minimum Gasteiger partial charge on any atom is -0.208 e. The molecule has 54 heavy (non-hydrogen) atoms. The number of hydrogen-bond acceptors (Lipinski definition) is 3. The van der Waals surface area contributed by atoms with Crippen molar-refractivity contribution in [3.63, 3.8) is 0 Å². The molecule has 9 aromatic rings. The normalized spacial score (nSPS) is 14.6. The Labute approximate surface area is 315 Å². The Morgan fingerprint density at radius 2 is 0.759 bits per heavy atom. The quantitative estimate of drug-likeness (QED) is 0.185. The van der Waals surface area contributed by atoms with Gasteiger partial charge in [-0.2, -0.15) is 0 Å². The Morgan fingerprint density at radius 1 is 0.333 bits per heavy atom. The Bertz CT molecular complexity index is 2890. The van der Waals surface area contributed by atoms with Crippen LogP contribution in [0, 0.1) is 0 Å². The second-order valence-electron chi connectivity index (χ2n) is 16.0. The third-order valence-electron chi connectivity index (χ3n) is 12.3. The van der Waals surface area contributed by atoms with Crippen LogP contribution in [0.3, 0.4) is 0 Å². The van der Waals surface area contributed by atoms with Gasteiger partial charge in [0.1, 0.15) is 0 Å². The number of fused-ring (bicyclic) bond motifs is 11.